The van der Waals surface area contributed by atoms with Crippen LogP contribution in [-0.2, 0) is 22.2 Å². The Kier molecular flexibility index (Phi) is 4.21. The van der Waals surface area contributed by atoms with E-state index in [9.17, 15) is 8.42 Å². The lowest BCUT2D eigenvalue weighted by atomic mass is 10.1. The maximum absolute atomic E-state index is 12.9. The summed E-state index contributed by atoms with van der Waals surface area (Å²) in [6, 6.07) is 15.5. The first-order chi connectivity index (χ1) is 10.6. The van der Waals surface area contributed by atoms with Crippen LogP contribution in [0.1, 0.15) is 29.5 Å². The molecular weight excluding hydrogens is 294 g/mol. The van der Waals surface area contributed by atoms with Crippen LogP contribution in [0.15, 0.2) is 48.5 Å². The topological polar surface area (TPSA) is 37.4 Å². The second-order valence-corrected chi connectivity index (χ2v) is 7.80. The number of benzene rings is 2. The fraction of sp³-hybridized carbons (Fsp3) is 0.333. The zero-order chi connectivity index (χ0) is 15.6. The molecule has 3 nitrogen and oxygen atoms in total. The highest BCUT2D eigenvalue weighted by Crippen LogP contribution is 2.30. The van der Waals surface area contributed by atoms with Crippen LogP contribution in [0.4, 0.5) is 5.69 Å². The largest absolute Gasteiger partial charge is 0.270 e. The highest BCUT2D eigenvalue weighted by atomic mass is 32.2. The molecule has 1 heterocycles. The summed E-state index contributed by atoms with van der Waals surface area (Å²) in [6.07, 6.45) is 2.89. The van der Waals surface area contributed by atoms with Crippen molar-refractivity contribution in [3.05, 3.63) is 65.2 Å². The molecule has 3 rings (SSSR count). The third-order valence-electron chi connectivity index (χ3n) is 4.09. The molecule has 0 N–H and O–H groups in total. The highest BCUT2D eigenvalue weighted by molar-refractivity contribution is 7.92. The number of aryl methyl sites for hydroxylation is 2. The minimum atomic E-state index is -3.35. The maximum Gasteiger partial charge on any atom is 0.239 e. The van der Waals surface area contributed by atoms with Gasteiger partial charge in [0.2, 0.25) is 10.0 Å². The van der Waals surface area contributed by atoms with Crippen LogP contribution in [0.25, 0.3) is 0 Å². The van der Waals surface area contributed by atoms with Gasteiger partial charge in [0, 0.05) is 6.54 Å². The average molecular weight is 315 g/mol. The van der Waals surface area contributed by atoms with Crippen molar-refractivity contribution in [3.63, 3.8) is 0 Å². The van der Waals surface area contributed by atoms with Crippen molar-refractivity contribution in [1.82, 2.24) is 0 Å². The third kappa shape index (κ3) is 3.17. The second-order valence-electron chi connectivity index (χ2n) is 5.90. The Bertz CT molecular complexity index is 754. The lowest BCUT2D eigenvalue weighted by Crippen LogP contribution is -2.32. The van der Waals surface area contributed by atoms with Crippen LogP contribution >= 0.6 is 0 Å². The summed E-state index contributed by atoms with van der Waals surface area (Å²) in [5, 5.41) is 0. The average Bonchev–Trinajstić information content (AvgIpc) is 2.70. The number of fused-ring (bicyclic) bond motifs is 1. The first-order valence-electron chi connectivity index (χ1n) is 7.70. The van der Waals surface area contributed by atoms with E-state index in [0.29, 0.717) is 6.54 Å². The van der Waals surface area contributed by atoms with E-state index in [4.69, 9.17) is 0 Å². The molecule has 0 aliphatic carbocycles. The molecule has 0 bridgehead atoms. The quantitative estimate of drug-likeness (QED) is 0.866. The summed E-state index contributed by atoms with van der Waals surface area (Å²) >= 11 is 0. The summed E-state index contributed by atoms with van der Waals surface area (Å²) in [5.74, 6) is 0.0567. The molecule has 0 fully saturated rings. The minimum Gasteiger partial charge on any atom is -0.270 e. The Labute approximate surface area is 132 Å². The molecule has 116 valence electrons. The van der Waals surface area contributed by atoms with Crippen molar-refractivity contribution >= 4 is 15.7 Å². The molecule has 0 amide bonds. The monoisotopic (exact) mass is 315 g/mol. The third-order valence-corrected chi connectivity index (χ3v) is 5.84. The zero-order valence-corrected chi connectivity index (χ0v) is 13.6. The summed E-state index contributed by atoms with van der Waals surface area (Å²) in [5.41, 5.74) is 4.02. The predicted molar refractivity (Wildman–Crippen MR) is 90.5 cm³/mol. The summed E-state index contributed by atoms with van der Waals surface area (Å²) < 4.78 is 27.4. The van der Waals surface area contributed by atoms with Crippen molar-refractivity contribution in [2.24, 2.45) is 0 Å². The molecule has 0 radical (unpaired) electrons. The van der Waals surface area contributed by atoms with Gasteiger partial charge in [-0.05, 0) is 43.4 Å². The molecular formula is C18H21NO2S. The standard InChI is InChI=1S/C18H21NO2S/c1-15-10-11-18-17(13-15)9-5-6-12-19(18)22(20,21)14-16-7-3-2-4-8-16/h2-4,7-8,10-11,13H,5-6,9,12,14H2,1H3. The van der Waals surface area contributed by atoms with Crippen LogP contribution in [0.2, 0.25) is 0 Å². The number of hydrogen-bond donors (Lipinski definition) is 0. The molecule has 0 saturated carbocycles. The Morgan fingerprint density at radius 2 is 1.82 bits per heavy atom. The molecule has 0 saturated heterocycles. The van der Waals surface area contributed by atoms with Gasteiger partial charge in [0.05, 0.1) is 11.4 Å². The zero-order valence-electron chi connectivity index (χ0n) is 12.8. The van der Waals surface area contributed by atoms with Gasteiger partial charge in [-0.15, -0.1) is 0 Å². The molecule has 1 aliphatic rings. The number of rotatable bonds is 3. The van der Waals surface area contributed by atoms with Crippen molar-refractivity contribution in [1.29, 1.82) is 0 Å². The number of nitrogens with zero attached hydrogens (tertiary/aromatic N) is 1. The molecule has 2 aromatic carbocycles. The van der Waals surface area contributed by atoms with Crippen LogP contribution in [0.3, 0.4) is 0 Å². The smallest absolute Gasteiger partial charge is 0.239 e. The molecule has 4 heteroatoms. The van der Waals surface area contributed by atoms with Gasteiger partial charge in [0.15, 0.2) is 0 Å². The summed E-state index contributed by atoms with van der Waals surface area (Å²) in [6.45, 7) is 2.62. The van der Waals surface area contributed by atoms with Crippen molar-refractivity contribution in [3.8, 4) is 0 Å². The first-order valence-corrected chi connectivity index (χ1v) is 9.31. The van der Waals surface area contributed by atoms with Gasteiger partial charge >= 0.3 is 0 Å². The number of sulfonamides is 1. The van der Waals surface area contributed by atoms with Gasteiger partial charge in [-0.2, -0.15) is 0 Å². The molecule has 0 unspecified atom stereocenters. The van der Waals surface area contributed by atoms with Crippen LogP contribution in [0, 0.1) is 6.92 Å². The molecule has 2 aromatic rings. The van der Waals surface area contributed by atoms with E-state index in [1.54, 1.807) is 4.31 Å². The Morgan fingerprint density at radius 1 is 1.05 bits per heavy atom. The van der Waals surface area contributed by atoms with E-state index in [1.807, 2.05) is 49.4 Å². The van der Waals surface area contributed by atoms with Gasteiger partial charge in [0.25, 0.3) is 0 Å². The molecule has 0 atom stereocenters. The lowest BCUT2D eigenvalue weighted by Gasteiger charge is -2.25. The van der Waals surface area contributed by atoms with Gasteiger partial charge < -0.3 is 0 Å². The van der Waals surface area contributed by atoms with E-state index in [0.717, 1.165) is 36.1 Å². The Hall–Kier alpha value is -1.81. The fourth-order valence-corrected chi connectivity index (χ4v) is 4.66. The molecule has 22 heavy (non-hydrogen) atoms. The molecule has 0 spiro atoms. The molecule has 1 aliphatic heterocycles. The Balaban J connectivity index is 1.97. The van der Waals surface area contributed by atoms with E-state index in [1.165, 1.54) is 5.56 Å². The van der Waals surface area contributed by atoms with E-state index >= 15 is 0 Å². The molecule has 0 aromatic heterocycles. The van der Waals surface area contributed by atoms with Crippen LogP contribution in [-0.4, -0.2) is 15.0 Å². The van der Waals surface area contributed by atoms with E-state index in [-0.39, 0.29) is 5.75 Å². The SMILES string of the molecule is Cc1ccc2c(c1)CCCCN2S(=O)(=O)Cc1ccccc1. The van der Waals surface area contributed by atoms with E-state index < -0.39 is 10.0 Å². The second kappa shape index (κ2) is 6.13. The van der Waals surface area contributed by atoms with Crippen LogP contribution in [0.5, 0.6) is 0 Å². The lowest BCUT2D eigenvalue weighted by molar-refractivity contribution is 0.588. The predicted octanol–water partition coefficient (Wildman–Crippen LogP) is 3.67. The van der Waals surface area contributed by atoms with Gasteiger partial charge in [0.1, 0.15) is 0 Å². The maximum atomic E-state index is 12.9. The Morgan fingerprint density at radius 3 is 2.59 bits per heavy atom. The fourth-order valence-electron chi connectivity index (χ4n) is 3.00. The van der Waals surface area contributed by atoms with Crippen molar-refractivity contribution < 1.29 is 8.42 Å². The number of hydrogen-bond acceptors (Lipinski definition) is 2. The van der Waals surface area contributed by atoms with Crippen molar-refractivity contribution in [2.45, 2.75) is 31.9 Å². The first kappa shape index (κ1) is 15.1. The number of anilines is 1. The summed E-state index contributed by atoms with van der Waals surface area (Å²) in [7, 11) is -3.35. The van der Waals surface area contributed by atoms with Gasteiger partial charge in [-0.3, -0.25) is 4.31 Å². The minimum absolute atomic E-state index is 0.0567. The van der Waals surface area contributed by atoms with Crippen molar-refractivity contribution in [2.75, 3.05) is 10.8 Å². The van der Waals surface area contributed by atoms with Crippen LogP contribution < -0.4 is 4.31 Å². The highest BCUT2D eigenvalue weighted by Gasteiger charge is 2.26. The van der Waals surface area contributed by atoms with Gasteiger partial charge in [-0.1, -0.05) is 48.0 Å². The summed E-state index contributed by atoms with van der Waals surface area (Å²) in [4.78, 5) is 0. The van der Waals surface area contributed by atoms with Gasteiger partial charge in [-0.25, -0.2) is 8.42 Å². The van der Waals surface area contributed by atoms with E-state index in [2.05, 4.69) is 6.07 Å². The normalized spacial score (nSPS) is 15.2.